The summed E-state index contributed by atoms with van der Waals surface area (Å²) in [7, 11) is 0. The summed E-state index contributed by atoms with van der Waals surface area (Å²) in [6.45, 7) is 0. The minimum atomic E-state index is -0.708. The van der Waals surface area contributed by atoms with Crippen LogP contribution in [0.4, 0.5) is 5.69 Å². The van der Waals surface area contributed by atoms with Crippen LogP contribution in [0.15, 0.2) is 48.7 Å². The maximum absolute atomic E-state index is 10.5. The van der Waals surface area contributed by atoms with Crippen LogP contribution in [0.3, 0.4) is 0 Å². The molecule has 5 nitrogen and oxygen atoms in total. The van der Waals surface area contributed by atoms with Gasteiger partial charge in [0.05, 0.1) is 11.0 Å². The molecule has 1 N–H and O–H groups in total. The molecule has 0 aliphatic rings. The molecular formula is C13H12N2O3. The van der Waals surface area contributed by atoms with E-state index in [1.807, 2.05) is 18.2 Å². The van der Waals surface area contributed by atoms with E-state index in [-0.39, 0.29) is 5.69 Å². The summed E-state index contributed by atoms with van der Waals surface area (Å²) in [5, 5.41) is 20.5. The smallest absolute Gasteiger partial charge is 0.269 e. The summed E-state index contributed by atoms with van der Waals surface area (Å²) >= 11 is 0. The summed E-state index contributed by atoms with van der Waals surface area (Å²) < 4.78 is 0. The number of pyridine rings is 1. The fourth-order valence-corrected chi connectivity index (χ4v) is 1.65. The zero-order valence-electron chi connectivity index (χ0n) is 9.56. The zero-order chi connectivity index (χ0) is 13.0. The minimum Gasteiger partial charge on any atom is -0.388 e. The number of benzene rings is 1. The van der Waals surface area contributed by atoms with E-state index in [1.54, 1.807) is 18.3 Å². The van der Waals surface area contributed by atoms with E-state index in [9.17, 15) is 15.2 Å². The number of aromatic nitrogens is 1. The zero-order valence-corrected chi connectivity index (χ0v) is 9.56. The van der Waals surface area contributed by atoms with Gasteiger partial charge in [0, 0.05) is 30.4 Å². The van der Waals surface area contributed by atoms with Crippen LogP contribution in [0.5, 0.6) is 0 Å². The molecule has 92 valence electrons. The van der Waals surface area contributed by atoms with E-state index >= 15 is 0 Å². The molecule has 2 rings (SSSR count). The monoisotopic (exact) mass is 244 g/mol. The van der Waals surface area contributed by atoms with Gasteiger partial charge in [-0.25, -0.2) is 0 Å². The van der Waals surface area contributed by atoms with Crippen molar-refractivity contribution in [2.75, 3.05) is 0 Å². The third-order valence-corrected chi connectivity index (χ3v) is 2.62. The largest absolute Gasteiger partial charge is 0.388 e. The molecule has 0 aliphatic carbocycles. The van der Waals surface area contributed by atoms with E-state index in [0.717, 1.165) is 5.69 Å². The number of non-ortho nitro benzene ring substituents is 1. The highest BCUT2D eigenvalue weighted by Crippen LogP contribution is 2.20. The Morgan fingerprint density at radius 3 is 2.50 bits per heavy atom. The van der Waals surface area contributed by atoms with E-state index in [4.69, 9.17) is 0 Å². The lowest BCUT2D eigenvalue weighted by Gasteiger charge is -2.09. The van der Waals surface area contributed by atoms with Crippen molar-refractivity contribution in [2.45, 2.75) is 12.5 Å². The third kappa shape index (κ3) is 2.89. The molecule has 0 radical (unpaired) electrons. The fraction of sp³-hybridized carbons (Fsp3) is 0.154. The molecule has 0 unspecified atom stereocenters. The van der Waals surface area contributed by atoms with Crippen molar-refractivity contribution >= 4 is 5.69 Å². The second kappa shape index (κ2) is 5.37. The Hall–Kier alpha value is -2.27. The Labute approximate surface area is 104 Å². The van der Waals surface area contributed by atoms with Crippen molar-refractivity contribution in [3.63, 3.8) is 0 Å². The van der Waals surface area contributed by atoms with Crippen LogP contribution in [0.2, 0.25) is 0 Å². The van der Waals surface area contributed by atoms with Gasteiger partial charge in [-0.2, -0.15) is 0 Å². The first kappa shape index (κ1) is 12.2. The van der Waals surface area contributed by atoms with Gasteiger partial charge in [0.25, 0.3) is 5.69 Å². The lowest BCUT2D eigenvalue weighted by molar-refractivity contribution is -0.384. The Morgan fingerprint density at radius 2 is 1.94 bits per heavy atom. The summed E-state index contributed by atoms with van der Waals surface area (Å²) in [5.41, 5.74) is 1.44. The van der Waals surface area contributed by atoms with Gasteiger partial charge in [-0.15, -0.1) is 0 Å². The lowest BCUT2D eigenvalue weighted by atomic mass is 10.0. The Balaban J connectivity index is 2.09. The molecule has 0 saturated carbocycles. The number of hydrogen-bond donors (Lipinski definition) is 1. The first-order valence-electron chi connectivity index (χ1n) is 5.49. The first-order valence-corrected chi connectivity index (χ1v) is 5.49. The summed E-state index contributed by atoms with van der Waals surface area (Å²) in [5.74, 6) is 0. The number of nitro benzene ring substituents is 1. The van der Waals surface area contributed by atoms with E-state index in [0.29, 0.717) is 12.0 Å². The van der Waals surface area contributed by atoms with Crippen molar-refractivity contribution in [3.05, 3.63) is 70.0 Å². The summed E-state index contributed by atoms with van der Waals surface area (Å²) in [6, 6.07) is 11.4. The van der Waals surface area contributed by atoms with Crippen LogP contribution in [0, 0.1) is 10.1 Å². The molecule has 5 heteroatoms. The van der Waals surface area contributed by atoms with Crippen LogP contribution < -0.4 is 0 Å². The van der Waals surface area contributed by atoms with Crippen LogP contribution in [0.1, 0.15) is 17.4 Å². The molecule has 1 atom stereocenters. The molecule has 18 heavy (non-hydrogen) atoms. The predicted molar refractivity (Wildman–Crippen MR) is 66.0 cm³/mol. The van der Waals surface area contributed by atoms with Crippen molar-refractivity contribution in [2.24, 2.45) is 0 Å². The molecule has 0 aliphatic heterocycles. The molecule has 1 aromatic carbocycles. The van der Waals surface area contributed by atoms with Crippen molar-refractivity contribution < 1.29 is 10.0 Å². The maximum atomic E-state index is 10.5. The van der Waals surface area contributed by atoms with Gasteiger partial charge in [-0.05, 0) is 29.8 Å². The quantitative estimate of drug-likeness (QED) is 0.661. The average molecular weight is 244 g/mol. The van der Waals surface area contributed by atoms with Gasteiger partial charge in [-0.3, -0.25) is 15.1 Å². The van der Waals surface area contributed by atoms with Crippen LogP contribution >= 0.6 is 0 Å². The summed E-state index contributed by atoms with van der Waals surface area (Å²) in [6.07, 6.45) is 1.34. The maximum Gasteiger partial charge on any atom is 0.269 e. The Morgan fingerprint density at radius 1 is 1.22 bits per heavy atom. The second-order valence-electron chi connectivity index (χ2n) is 3.89. The van der Waals surface area contributed by atoms with E-state index < -0.39 is 11.0 Å². The highest BCUT2D eigenvalue weighted by Gasteiger charge is 2.11. The van der Waals surface area contributed by atoms with E-state index in [1.165, 1.54) is 12.1 Å². The highest BCUT2D eigenvalue weighted by atomic mass is 16.6. The Bertz CT molecular complexity index is 526. The van der Waals surface area contributed by atoms with Crippen molar-refractivity contribution in [3.8, 4) is 0 Å². The highest BCUT2D eigenvalue weighted by molar-refractivity contribution is 5.34. The molecule has 2 aromatic rings. The minimum absolute atomic E-state index is 0.0174. The lowest BCUT2D eigenvalue weighted by Crippen LogP contribution is -2.03. The topological polar surface area (TPSA) is 76.3 Å². The molecule has 0 bridgehead atoms. The standard InChI is InChI=1S/C13H12N2O3/c16-13(9-11-3-1-2-8-14-11)10-4-6-12(7-5-10)15(17)18/h1-8,13,16H,9H2/t13-/m0/s1. The van der Waals surface area contributed by atoms with Gasteiger partial charge in [-0.1, -0.05) is 6.07 Å². The van der Waals surface area contributed by atoms with Crippen molar-refractivity contribution in [1.29, 1.82) is 0 Å². The van der Waals surface area contributed by atoms with Gasteiger partial charge in [0.2, 0.25) is 0 Å². The van der Waals surface area contributed by atoms with Gasteiger partial charge in [0.1, 0.15) is 0 Å². The molecular weight excluding hydrogens is 232 g/mol. The van der Waals surface area contributed by atoms with Crippen molar-refractivity contribution in [1.82, 2.24) is 4.98 Å². The second-order valence-corrected chi connectivity index (χ2v) is 3.89. The van der Waals surface area contributed by atoms with Crippen LogP contribution in [0.25, 0.3) is 0 Å². The number of nitro groups is 1. The summed E-state index contributed by atoms with van der Waals surface area (Å²) in [4.78, 5) is 14.2. The molecule has 0 fully saturated rings. The van der Waals surface area contributed by atoms with Gasteiger partial charge >= 0.3 is 0 Å². The van der Waals surface area contributed by atoms with Gasteiger partial charge < -0.3 is 5.11 Å². The van der Waals surface area contributed by atoms with Crippen LogP contribution in [-0.4, -0.2) is 15.0 Å². The predicted octanol–water partition coefficient (Wildman–Crippen LogP) is 2.27. The third-order valence-electron chi connectivity index (χ3n) is 2.62. The average Bonchev–Trinajstić information content (AvgIpc) is 2.40. The number of aliphatic hydroxyl groups excluding tert-OH is 1. The number of nitrogens with zero attached hydrogens (tertiary/aromatic N) is 2. The molecule has 1 heterocycles. The number of hydrogen-bond acceptors (Lipinski definition) is 4. The molecule has 1 aromatic heterocycles. The molecule has 0 saturated heterocycles. The van der Waals surface area contributed by atoms with Gasteiger partial charge in [0.15, 0.2) is 0 Å². The normalized spacial score (nSPS) is 12.1. The van der Waals surface area contributed by atoms with E-state index in [2.05, 4.69) is 4.98 Å². The first-order chi connectivity index (χ1) is 8.66. The number of aliphatic hydroxyl groups is 1. The molecule has 0 amide bonds. The Kier molecular flexibility index (Phi) is 3.64. The fourth-order valence-electron chi connectivity index (χ4n) is 1.65. The number of rotatable bonds is 4. The van der Waals surface area contributed by atoms with Crippen LogP contribution in [-0.2, 0) is 6.42 Å². The SMILES string of the molecule is O=[N+]([O-])c1ccc([C@@H](O)Cc2ccccn2)cc1. The molecule has 0 spiro atoms.